The molecule has 0 aliphatic carbocycles. The molecule has 1 aliphatic heterocycles. The Morgan fingerprint density at radius 2 is 1.31 bits per heavy atom. The number of rotatable bonds is 0. The Morgan fingerprint density at radius 3 is 1.46 bits per heavy atom. The summed E-state index contributed by atoms with van der Waals surface area (Å²) in [6.07, 6.45) is 2.53. The van der Waals surface area contributed by atoms with Gasteiger partial charge >= 0.3 is 0 Å². The zero-order chi connectivity index (χ0) is 10.7. The van der Waals surface area contributed by atoms with Gasteiger partial charge in [-0.15, -0.1) is 0 Å². The molecule has 82 valence electrons. The molecule has 0 aromatic rings. The molecule has 1 nitrogen and oxygen atoms in total. The lowest BCUT2D eigenvalue weighted by atomic mass is 10.0. The first-order valence-electron chi connectivity index (χ1n) is 5.70. The van der Waals surface area contributed by atoms with Crippen LogP contribution >= 0.6 is 0 Å². The molecule has 0 unspecified atom stereocenters. The van der Waals surface area contributed by atoms with Crippen LogP contribution in [-0.2, 0) is 4.74 Å². The Balaban J connectivity index is 0. The zero-order valence-electron chi connectivity index (χ0n) is 10.4. The van der Waals surface area contributed by atoms with Crippen LogP contribution in [0.5, 0.6) is 0 Å². The maximum atomic E-state index is 5.14. The highest BCUT2D eigenvalue weighted by Crippen LogP contribution is 2.11. The summed E-state index contributed by atoms with van der Waals surface area (Å²) in [5.74, 6) is 1.74. The topological polar surface area (TPSA) is 9.23 Å². The van der Waals surface area contributed by atoms with Crippen molar-refractivity contribution in [2.24, 2.45) is 11.8 Å². The van der Waals surface area contributed by atoms with Gasteiger partial charge in [0.15, 0.2) is 0 Å². The van der Waals surface area contributed by atoms with Crippen LogP contribution < -0.4 is 0 Å². The van der Waals surface area contributed by atoms with Crippen molar-refractivity contribution >= 4 is 0 Å². The number of hydrogen-bond acceptors (Lipinski definition) is 1. The zero-order valence-corrected chi connectivity index (χ0v) is 10.4. The van der Waals surface area contributed by atoms with Crippen molar-refractivity contribution in [3.63, 3.8) is 0 Å². The van der Waals surface area contributed by atoms with Gasteiger partial charge in [-0.2, -0.15) is 0 Å². The van der Waals surface area contributed by atoms with Gasteiger partial charge in [-0.1, -0.05) is 41.5 Å². The Bertz CT molecular complexity index is 70.4. The van der Waals surface area contributed by atoms with Gasteiger partial charge in [0.1, 0.15) is 0 Å². The largest absolute Gasteiger partial charge is 0.381 e. The lowest BCUT2D eigenvalue weighted by Crippen LogP contribution is -2.12. The average Bonchev–Trinajstić information content (AvgIpc) is 2.08. The minimum Gasteiger partial charge on any atom is -0.381 e. The Kier molecular flexibility index (Phi) is 14.2. The molecule has 1 heterocycles. The molecular weight excluding hydrogens is 160 g/mol. The first-order chi connectivity index (χ1) is 6.13. The Morgan fingerprint density at radius 1 is 1.00 bits per heavy atom. The van der Waals surface area contributed by atoms with Crippen LogP contribution in [0.4, 0.5) is 0 Å². The third kappa shape index (κ3) is 18.7. The molecule has 0 amide bonds. The summed E-state index contributed by atoms with van der Waals surface area (Å²) in [5, 5.41) is 0. The lowest BCUT2D eigenvalue weighted by Gasteiger charge is -2.16. The minimum absolute atomic E-state index is 0.833. The second-order valence-electron chi connectivity index (χ2n) is 4.03. The fourth-order valence-corrected chi connectivity index (χ4v) is 0.815. The van der Waals surface area contributed by atoms with Gasteiger partial charge in [0.05, 0.1) is 0 Å². The van der Waals surface area contributed by atoms with Gasteiger partial charge in [0.2, 0.25) is 0 Å². The summed E-state index contributed by atoms with van der Waals surface area (Å²) in [4.78, 5) is 0. The molecule has 13 heavy (non-hydrogen) atoms. The monoisotopic (exact) mass is 188 g/mol. The summed E-state index contributed by atoms with van der Waals surface area (Å²) in [7, 11) is 0. The van der Waals surface area contributed by atoms with Crippen LogP contribution in [0.2, 0.25) is 0 Å². The fraction of sp³-hybridized carbons (Fsp3) is 1.00. The highest BCUT2D eigenvalue weighted by atomic mass is 16.5. The van der Waals surface area contributed by atoms with Crippen molar-refractivity contribution < 1.29 is 4.74 Å². The van der Waals surface area contributed by atoms with E-state index < -0.39 is 0 Å². The molecule has 0 saturated carbocycles. The van der Waals surface area contributed by atoms with E-state index in [2.05, 4.69) is 27.7 Å². The predicted molar refractivity (Wildman–Crippen MR) is 61.1 cm³/mol. The van der Waals surface area contributed by atoms with E-state index >= 15 is 0 Å². The molecule has 1 heteroatoms. The summed E-state index contributed by atoms with van der Waals surface area (Å²) in [6.45, 7) is 14.8. The van der Waals surface area contributed by atoms with Gasteiger partial charge < -0.3 is 4.74 Å². The second-order valence-corrected chi connectivity index (χ2v) is 4.03. The quantitative estimate of drug-likeness (QED) is 0.555. The van der Waals surface area contributed by atoms with Crippen LogP contribution in [0.1, 0.15) is 54.4 Å². The molecule has 1 saturated heterocycles. The fourth-order valence-electron chi connectivity index (χ4n) is 0.815. The lowest BCUT2D eigenvalue weighted by molar-refractivity contribution is 0.0716. The van der Waals surface area contributed by atoms with Crippen molar-refractivity contribution in [2.75, 3.05) is 13.2 Å². The maximum Gasteiger partial charge on any atom is 0.0468 e. The van der Waals surface area contributed by atoms with Gasteiger partial charge in [0, 0.05) is 13.2 Å². The van der Waals surface area contributed by atoms with E-state index in [0.29, 0.717) is 0 Å². The van der Waals surface area contributed by atoms with Gasteiger partial charge in [-0.25, -0.2) is 0 Å². The minimum atomic E-state index is 0.833. The highest BCUT2D eigenvalue weighted by molar-refractivity contribution is 4.55. The average molecular weight is 188 g/mol. The number of hydrogen-bond donors (Lipinski definition) is 0. The molecule has 0 aromatic carbocycles. The molecule has 0 radical (unpaired) electrons. The van der Waals surface area contributed by atoms with Crippen molar-refractivity contribution in [2.45, 2.75) is 54.4 Å². The second kappa shape index (κ2) is 12.0. The SMILES string of the molecule is CC.CC(C)C.CC1CCOCC1. The van der Waals surface area contributed by atoms with Crippen LogP contribution in [0.15, 0.2) is 0 Å². The maximum absolute atomic E-state index is 5.14. The summed E-state index contributed by atoms with van der Waals surface area (Å²) < 4.78 is 5.14. The van der Waals surface area contributed by atoms with Crippen molar-refractivity contribution in [1.82, 2.24) is 0 Å². The van der Waals surface area contributed by atoms with E-state index in [1.54, 1.807) is 0 Å². The van der Waals surface area contributed by atoms with E-state index in [-0.39, 0.29) is 0 Å². The molecule has 1 aliphatic rings. The molecule has 1 rings (SSSR count). The normalized spacial score (nSPS) is 16.8. The van der Waals surface area contributed by atoms with Crippen LogP contribution in [-0.4, -0.2) is 13.2 Å². The van der Waals surface area contributed by atoms with Crippen molar-refractivity contribution in [1.29, 1.82) is 0 Å². The van der Waals surface area contributed by atoms with Crippen LogP contribution in [0.25, 0.3) is 0 Å². The van der Waals surface area contributed by atoms with E-state index in [1.807, 2.05) is 13.8 Å². The molecule has 1 fully saturated rings. The first kappa shape index (κ1) is 15.4. The standard InChI is InChI=1S/C6H12O.C4H10.C2H6/c1-6-2-4-7-5-3-6;1-4(2)3;1-2/h6H,2-5H2,1H3;4H,1-3H3;1-2H3. The van der Waals surface area contributed by atoms with Gasteiger partial charge in [-0.3, -0.25) is 0 Å². The smallest absolute Gasteiger partial charge is 0.0468 e. The third-order valence-corrected chi connectivity index (χ3v) is 1.51. The Hall–Kier alpha value is -0.0400. The Labute approximate surface area is 84.9 Å². The van der Waals surface area contributed by atoms with Gasteiger partial charge in [0.25, 0.3) is 0 Å². The van der Waals surface area contributed by atoms with Crippen molar-refractivity contribution in [3.8, 4) is 0 Å². The van der Waals surface area contributed by atoms with E-state index in [0.717, 1.165) is 25.0 Å². The molecular formula is C12H28O. The molecule has 0 N–H and O–H groups in total. The predicted octanol–water partition coefficient (Wildman–Crippen LogP) is 4.12. The summed E-state index contributed by atoms with van der Waals surface area (Å²) in [6, 6.07) is 0. The van der Waals surface area contributed by atoms with Gasteiger partial charge in [-0.05, 0) is 24.7 Å². The van der Waals surface area contributed by atoms with Crippen LogP contribution in [0.3, 0.4) is 0 Å². The number of ether oxygens (including phenoxy) is 1. The molecule has 0 atom stereocenters. The van der Waals surface area contributed by atoms with E-state index in [4.69, 9.17) is 4.74 Å². The summed E-state index contributed by atoms with van der Waals surface area (Å²) >= 11 is 0. The molecule has 0 spiro atoms. The molecule has 0 aromatic heterocycles. The van der Waals surface area contributed by atoms with Crippen molar-refractivity contribution in [3.05, 3.63) is 0 Å². The van der Waals surface area contributed by atoms with E-state index in [9.17, 15) is 0 Å². The first-order valence-corrected chi connectivity index (χ1v) is 5.70. The summed E-state index contributed by atoms with van der Waals surface area (Å²) in [5.41, 5.74) is 0. The van der Waals surface area contributed by atoms with E-state index in [1.165, 1.54) is 12.8 Å². The highest BCUT2D eigenvalue weighted by Gasteiger charge is 2.06. The van der Waals surface area contributed by atoms with Crippen LogP contribution in [0, 0.1) is 11.8 Å². The molecule has 0 bridgehead atoms. The third-order valence-electron chi connectivity index (χ3n) is 1.51.